The van der Waals surface area contributed by atoms with Crippen molar-refractivity contribution in [3.05, 3.63) is 35.4 Å². The summed E-state index contributed by atoms with van der Waals surface area (Å²) in [5.74, 6) is -1.81. The van der Waals surface area contributed by atoms with Crippen molar-refractivity contribution in [2.24, 2.45) is 11.8 Å². The molecule has 0 heterocycles. The molecule has 142 valence electrons. The van der Waals surface area contributed by atoms with E-state index >= 15 is 0 Å². The van der Waals surface area contributed by atoms with Gasteiger partial charge in [0.1, 0.15) is 0 Å². The lowest BCUT2D eigenvalue weighted by atomic mass is 9.79. The molecule has 3 aliphatic carbocycles. The van der Waals surface area contributed by atoms with Crippen LogP contribution < -0.4 is 0 Å². The summed E-state index contributed by atoms with van der Waals surface area (Å²) in [6, 6.07) is 8.53. The van der Waals surface area contributed by atoms with Crippen LogP contribution >= 0.6 is 0 Å². The number of hydrogen-bond acceptors (Lipinski definition) is 1. The number of amides is 1. The molecule has 3 atom stereocenters. The molecule has 26 heavy (non-hydrogen) atoms. The third-order valence-corrected chi connectivity index (χ3v) is 6.35. The molecule has 0 bridgehead atoms. The molecule has 0 spiro atoms. The molecule has 3 unspecified atom stereocenters. The Hall–Kier alpha value is -1.52. The number of aryl methyl sites for hydroxylation is 1. The van der Waals surface area contributed by atoms with Gasteiger partial charge in [0.25, 0.3) is 0 Å². The van der Waals surface area contributed by atoms with Crippen molar-refractivity contribution in [2.45, 2.75) is 76.0 Å². The Kier molecular flexibility index (Phi) is 4.74. The Morgan fingerprint density at radius 3 is 2.50 bits per heavy atom. The van der Waals surface area contributed by atoms with E-state index in [-0.39, 0.29) is 30.8 Å². The zero-order valence-corrected chi connectivity index (χ0v) is 15.0. The monoisotopic (exact) mass is 365 g/mol. The highest BCUT2D eigenvalue weighted by Gasteiger charge is 2.47. The average Bonchev–Trinajstić information content (AvgIpc) is 3.46. The Labute approximate surface area is 152 Å². The van der Waals surface area contributed by atoms with Crippen LogP contribution in [0.2, 0.25) is 0 Å². The van der Waals surface area contributed by atoms with Crippen molar-refractivity contribution in [2.75, 3.05) is 0 Å². The number of nitrogens with zero attached hydrogens (tertiary/aromatic N) is 1. The van der Waals surface area contributed by atoms with Crippen LogP contribution in [0.15, 0.2) is 24.3 Å². The second-order valence-corrected chi connectivity index (χ2v) is 8.19. The second-order valence-electron chi connectivity index (χ2n) is 8.19. The van der Waals surface area contributed by atoms with E-state index < -0.39 is 18.0 Å². The summed E-state index contributed by atoms with van der Waals surface area (Å²) < 4.78 is 39.5. The molecule has 1 aromatic rings. The van der Waals surface area contributed by atoms with Gasteiger partial charge in [-0.05, 0) is 62.5 Å². The molecule has 2 saturated carbocycles. The van der Waals surface area contributed by atoms with E-state index in [2.05, 4.69) is 12.1 Å². The Morgan fingerprint density at radius 1 is 1.00 bits per heavy atom. The average molecular weight is 365 g/mol. The van der Waals surface area contributed by atoms with Crippen LogP contribution in [0.3, 0.4) is 0 Å². The lowest BCUT2D eigenvalue weighted by Crippen LogP contribution is -2.44. The molecule has 1 aromatic carbocycles. The van der Waals surface area contributed by atoms with Crippen molar-refractivity contribution in [3.8, 4) is 0 Å². The van der Waals surface area contributed by atoms with Gasteiger partial charge in [0.15, 0.2) is 0 Å². The third kappa shape index (κ3) is 3.49. The number of benzene rings is 1. The summed E-state index contributed by atoms with van der Waals surface area (Å²) in [6.45, 7) is 0. The first-order valence-electron chi connectivity index (χ1n) is 9.92. The van der Waals surface area contributed by atoms with Crippen LogP contribution in [-0.4, -0.2) is 23.0 Å². The topological polar surface area (TPSA) is 20.3 Å². The second kappa shape index (κ2) is 6.90. The van der Waals surface area contributed by atoms with E-state index in [0.29, 0.717) is 12.8 Å². The molecule has 3 aliphatic rings. The van der Waals surface area contributed by atoms with Gasteiger partial charge in [-0.3, -0.25) is 4.79 Å². The number of hydrogen-bond donors (Lipinski definition) is 0. The highest BCUT2D eigenvalue weighted by molar-refractivity contribution is 5.80. The van der Waals surface area contributed by atoms with Crippen molar-refractivity contribution < 1.29 is 18.0 Å². The molecule has 0 N–H and O–H groups in total. The van der Waals surface area contributed by atoms with Gasteiger partial charge in [0.2, 0.25) is 5.91 Å². The summed E-state index contributed by atoms with van der Waals surface area (Å²) in [6.07, 6.45) is 2.02. The molecule has 0 radical (unpaired) electrons. The van der Waals surface area contributed by atoms with E-state index in [1.807, 2.05) is 17.0 Å². The number of carbonyl (C=O) groups excluding carboxylic acids is 1. The zero-order chi connectivity index (χ0) is 18.3. The molecule has 5 heteroatoms. The molecule has 0 saturated heterocycles. The molecule has 0 aromatic heterocycles. The maximum Gasteiger partial charge on any atom is 0.391 e. The number of rotatable bonds is 3. The van der Waals surface area contributed by atoms with Gasteiger partial charge in [0, 0.05) is 12.0 Å². The fraction of sp³-hybridized carbons (Fsp3) is 0.667. The first-order valence-corrected chi connectivity index (χ1v) is 9.92. The molecule has 2 nitrogen and oxygen atoms in total. The quantitative estimate of drug-likeness (QED) is 0.700. The van der Waals surface area contributed by atoms with Gasteiger partial charge >= 0.3 is 6.18 Å². The predicted octanol–water partition coefficient (Wildman–Crippen LogP) is 5.42. The summed E-state index contributed by atoms with van der Waals surface area (Å²) in [7, 11) is 0. The van der Waals surface area contributed by atoms with Crippen LogP contribution in [0.1, 0.15) is 68.5 Å². The summed E-state index contributed by atoms with van der Waals surface area (Å²) in [5, 5.41) is 0. The highest BCUT2D eigenvalue weighted by Crippen LogP contribution is 2.45. The van der Waals surface area contributed by atoms with Gasteiger partial charge in [-0.15, -0.1) is 0 Å². The molecule has 4 rings (SSSR count). The third-order valence-electron chi connectivity index (χ3n) is 6.35. The maximum atomic E-state index is 13.3. The minimum atomic E-state index is -4.18. The van der Waals surface area contributed by atoms with E-state index in [9.17, 15) is 18.0 Å². The van der Waals surface area contributed by atoms with Crippen molar-refractivity contribution in [1.29, 1.82) is 0 Å². The van der Waals surface area contributed by atoms with Gasteiger partial charge in [0.05, 0.1) is 12.0 Å². The maximum absolute atomic E-state index is 13.3. The summed E-state index contributed by atoms with van der Waals surface area (Å²) >= 11 is 0. The predicted molar refractivity (Wildman–Crippen MR) is 93.5 cm³/mol. The number of halogens is 3. The Morgan fingerprint density at radius 2 is 1.77 bits per heavy atom. The van der Waals surface area contributed by atoms with Crippen molar-refractivity contribution in [3.63, 3.8) is 0 Å². The molecule has 0 aliphatic heterocycles. The SMILES string of the molecule is O=C(C1CCCC(C(F)(F)F)C1)N(C1CC1)C1CCCc2ccccc21. The van der Waals surface area contributed by atoms with E-state index in [4.69, 9.17) is 0 Å². The van der Waals surface area contributed by atoms with Crippen molar-refractivity contribution in [1.82, 2.24) is 4.90 Å². The van der Waals surface area contributed by atoms with Gasteiger partial charge in [-0.25, -0.2) is 0 Å². The van der Waals surface area contributed by atoms with Crippen LogP contribution in [0.5, 0.6) is 0 Å². The molecule has 1 amide bonds. The van der Waals surface area contributed by atoms with Crippen LogP contribution in [-0.2, 0) is 11.2 Å². The molecular formula is C21H26F3NO. The Balaban J connectivity index is 1.57. The lowest BCUT2D eigenvalue weighted by Gasteiger charge is -2.40. The minimum absolute atomic E-state index is 0.0249. The van der Waals surface area contributed by atoms with E-state index in [1.54, 1.807) is 0 Å². The minimum Gasteiger partial charge on any atom is -0.332 e. The molecule has 2 fully saturated rings. The number of alkyl halides is 3. The summed E-state index contributed by atoms with van der Waals surface area (Å²) in [4.78, 5) is 15.3. The van der Waals surface area contributed by atoms with E-state index in [1.165, 1.54) is 11.1 Å². The van der Waals surface area contributed by atoms with Gasteiger partial charge < -0.3 is 4.90 Å². The Bertz CT molecular complexity index is 667. The highest BCUT2D eigenvalue weighted by atomic mass is 19.4. The standard InChI is InChI=1S/C21H26F3NO/c22-21(23,24)16-8-3-7-15(13-16)20(26)25(17-11-12-17)19-10-4-6-14-5-1-2-9-18(14)19/h1-2,5,9,15-17,19H,3-4,6-8,10-13H2. The van der Waals surface area contributed by atoms with Crippen molar-refractivity contribution >= 4 is 5.91 Å². The number of carbonyl (C=O) groups is 1. The number of fused-ring (bicyclic) bond motifs is 1. The van der Waals surface area contributed by atoms with Gasteiger partial charge in [-0.1, -0.05) is 30.7 Å². The largest absolute Gasteiger partial charge is 0.391 e. The lowest BCUT2D eigenvalue weighted by molar-refractivity contribution is -0.187. The zero-order valence-electron chi connectivity index (χ0n) is 15.0. The van der Waals surface area contributed by atoms with E-state index in [0.717, 1.165) is 32.1 Å². The fourth-order valence-corrected chi connectivity index (χ4v) is 4.88. The van der Waals surface area contributed by atoms with Crippen LogP contribution in [0, 0.1) is 11.8 Å². The summed E-state index contributed by atoms with van der Waals surface area (Å²) in [5.41, 5.74) is 2.50. The first kappa shape index (κ1) is 17.9. The molecular weight excluding hydrogens is 339 g/mol. The normalized spacial score (nSPS) is 29.1. The van der Waals surface area contributed by atoms with Crippen LogP contribution in [0.25, 0.3) is 0 Å². The van der Waals surface area contributed by atoms with Crippen LogP contribution in [0.4, 0.5) is 13.2 Å². The fourth-order valence-electron chi connectivity index (χ4n) is 4.88. The first-order chi connectivity index (χ1) is 12.4. The smallest absolute Gasteiger partial charge is 0.332 e. The van der Waals surface area contributed by atoms with Gasteiger partial charge in [-0.2, -0.15) is 13.2 Å².